The van der Waals surface area contributed by atoms with Gasteiger partial charge >= 0.3 is 0 Å². The number of aromatic amines is 1. The molecule has 0 saturated heterocycles. The van der Waals surface area contributed by atoms with Crippen LogP contribution >= 0.6 is 0 Å². The topological polar surface area (TPSA) is 81.6 Å². The van der Waals surface area contributed by atoms with E-state index in [1.807, 2.05) is 44.2 Å². The standard InChI is InChI=1S/C18H16N4O/c1-11-3-8-16-15(9-11)17(22-21-16)18(23)20-12(2)14-6-4-13(10-19)5-7-14/h3-9,12H,1-2H3,(H,20,23)(H,21,22). The Morgan fingerprint density at radius 3 is 2.70 bits per heavy atom. The lowest BCUT2D eigenvalue weighted by Gasteiger charge is -2.13. The van der Waals surface area contributed by atoms with Crippen LogP contribution in [0.4, 0.5) is 0 Å². The number of nitriles is 1. The molecular formula is C18H16N4O. The maximum absolute atomic E-state index is 12.5. The normalized spacial score (nSPS) is 11.9. The molecule has 1 atom stereocenters. The summed E-state index contributed by atoms with van der Waals surface area (Å²) in [5.74, 6) is -0.223. The van der Waals surface area contributed by atoms with Crippen molar-refractivity contribution in [2.24, 2.45) is 0 Å². The molecule has 0 radical (unpaired) electrons. The molecule has 0 aliphatic heterocycles. The number of nitrogens with one attached hydrogen (secondary N) is 2. The third kappa shape index (κ3) is 2.92. The molecule has 2 N–H and O–H groups in total. The predicted octanol–water partition coefficient (Wildman–Crippen LogP) is 3.23. The molecule has 0 spiro atoms. The number of hydrogen-bond donors (Lipinski definition) is 2. The summed E-state index contributed by atoms with van der Waals surface area (Å²) >= 11 is 0. The van der Waals surface area contributed by atoms with Gasteiger partial charge in [-0.05, 0) is 43.7 Å². The number of aromatic nitrogens is 2. The molecule has 1 heterocycles. The number of benzene rings is 2. The monoisotopic (exact) mass is 304 g/mol. The number of rotatable bonds is 3. The molecule has 0 saturated carbocycles. The molecule has 0 fully saturated rings. The number of aryl methyl sites for hydroxylation is 1. The maximum Gasteiger partial charge on any atom is 0.272 e. The summed E-state index contributed by atoms with van der Waals surface area (Å²) in [6.07, 6.45) is 0. The molecule has 23 heavy (non-hydrogen) atoms. The van der Waals surface area contributed by atoms with Gasteiger partial charge in [0.1, 0.15) is 0 Å². The first-order valence-electron chi connectivity index (χ1n) is 7.34. The summed E-state index contributed by atoms with van der Waals surface area (Å²) in [7, 11) is 0. The zero-order valence-corrected chi connectivity index (χ0v) is 12.9. The molecule has 0 aliphatic rings. The summed E-state index contributed by atoms with van der Waals surface area (Å²) < 4.78 is 0. The molecule has 1 unspecified atom stereocenters. The maximum atomic E-state index is 12.5. The SMILES string of the molecule is Cc1ccc2[nH]nc(C(=O)NC(C)c3ccc(C#N)cc3)c2c1. The van der Waals surface area contributed by atoms with Gasteiger partial charge in [0.25, 0.3) is 5.91 Å². The Labute approximate surface area is 133 Å². The van der Waals surface area contributed by atoms with Crippen LogP contribution in [0.2, 0.25) is 0 Å². The molecular weight excluding hydrogens is 288 g/mol. The Balaban J connectivity index is 1.82. The van der Waals surface area contributed by atoms with Gasteiger partial charge in [-0.3, -0.25) is 9.89 Å². The van der Waals surface area contributed by atoms with Gasteiger partial charge in [-0.2, -0.15) is 10.4 Å². The fourth-order valence-electron chi connectivity index (χ4n) is 2.50. The second kappa shape index (κ2) is 5.93. The second-order valence-electron chi connectivity index (χ2n) is 5.55. The summed E-state index contributed by atoms with van der Waals surface area (Å²) in [6.45, 7) is 3.88. The number of carbonyl (C=O) groups is 1. The van der Waals surface area contributed by atoms with Crippen LogP contribution < -0.4 is 5.32 Å². The van der Waals surface area contributed by atoms with Gasteiger partial charge in [0.2, 0.25) is 0 Å². The van der Waals surface area contributed by atoms with Crippen molar-refractivity contribution >= 4 is 16.8 Å². The number of nitrogens with zero attached hydrogens (tertiary/aromatic N) is 2. The minimum absolute atomic E-state index is 0.174. The van der Waals surface area contributed by atoms with Gasteiger partial charge < -0.3 is 5.32 Å². The highest BCUT2D eigenvalue weighted by molar-refractivity contribution is 6.04. The van der Waals surface area contributed by atoms with Crippen LogP contribution in [-0.2, 0) is 0 Å². The van der Waals surface area contributed by atoms with Crippen LogP contribution in [-0.4, -0.2) is 16.1 Å². The van der Waals surface area contributed by atoms with Crippen molar-refractivity contribution < 1.29 is 4.79 Å². The molecule has 1 aromatic heterocycles. The van der Waals surface area contributed by atoms with E-state index in [0.717, 1.165) is 22.0 Å². The minimum atomic E-state index is -0.223. The van der Waals surface area contributed by atoms with Crippen LogP contribution in [0.3, 0.4) is 0 Å². The van der Waals surface area contributed by atoms with Gasteiger partial charge in [-0.1, -0.05) is 23.8 Å². The van der Waals surface area contributed by atoms with Crippen LogP contribution in [0, 0.1) is 18.3 Å². The average Bonchev–Trinajstić information content (AvgIpc) is 2.98. The zero-order chi connectivity index (χ0) is 16.4. The lowest BCUT2D eigenvalue weighted by molar-refractivity contribution is 0.0936. The number of fused-ring (bicyclic) bond motifs is 1. The largest absolute Gasteiger partial charge is 0.344 e. The van der Waals surface area contributed by atoms with Crippen LogP contribution in [0.15, 0.2) is 42.5 Å². The van der Waals surface area contributed by atoms with Crippen LogP contribution in [0.5, 0.6) is 0 Å². The van der Waals surface area contributed by atoms with Gasteiger partial charge in [0.05, 0.1) is 23.2 Å². The molecule has 3 rings (SSSR count). The Bertz CT molecular complexity index is 903. The Morgan fingerprint density at radius 1 is 1.26 bits per heavy atom. The quantitative estimate of drug-likeness (QED) is 0.779. The van der Waals surface area contributed by atoms with E-state index in [1.54, 1.807) is 12.1 Å². The van der Waals surface area contributed by atoms with E-state index in [-0.39, 0.29) is 11.9 Å². The molecule has 5 nitrogen and oxygen atoms in total. The van der Waals surface area contributed by atoms with Crippen molar-refractivity contribution in [1.29, 1.82) is 5.26 Å². The van der Waals surface area contributed by atoms with Crippen molar-refractivity contribution in [2.45, 2.75) is 19.9 Å². The molecule has 1 amide bonds. The van der Waals surface area contributed by atoms with E-state index in [1.165, 1.54) is 0 Å². The van der Waals surface area contributed by atoms with E-state index < -0.39 is 0 Å². The first-order chi connectivity index (χ1) is 11.1. The molecule has 2 aromatic carbocycles. The highest BCUT2D eigenvalue weighted by Crippen LogP contribution is 2.19. The van der Waals surface area contributed by atoms with Gasteiger partial charge in [0.15, 0.2) is 5.69 Å². The molecule has 5 heteroatoms. The van der Waals surface area contributed by atoms with E-state index >= 15 is 0 Å². The summed E-state index contributed by atoms with van der Waals surface area (Å²) in [5.41, 5.74) is 3.85. The van der Waals surface area contributed by atoms with E-state index in [0.29, 0.717) is 11.3 Å². The molecule has 3 aromatic rings. The van der Waals surface area contributed by atoms with Gasteiger partial charge in [-0.25, -0.2) is 0 Å². The Kier molecular flexibility index (Phi) is 3.82. The van der Waals surface area contributed by atoms with Crippen molar-refractivity contribution in [3.63, 3.8) is 0 Å². The summed E-state index contributed by atoms with van der Waals surface area (Å²) in [6, 6.07) is 14.9. The molecule has 0 aliphatic carbocycles. The molecule has 0 bridgehead atoms. The number of carbonyl (C=O) groups excluding carboxylic acids is 1. The Morgan fingerprint density at radius 2 is 2.00 bits per heavy atom. The van der Waals surface area contributed by atoms with Crippen molar-refractivity contribution in [1.82, 2.24) is 15.5 Å². The van der Waals surface area contributed by atoms with E-state index in [2.05, 4.69) is 21.6 Å². The highest BCUT2D eigenvalue weighted by atomic mass is 16.2. The Hall–Kier alpha value is -3.13. The third-order valence-electron chi connectivity index (χ3n) is 3.82. The van der Waals surface area contributed by atoms with Crippen molar-refractivity contribution in [2.75, 3.05) is 0 Å². The van der Waals surface area contributed by atoms with Gasteiger partial charge in [0, 0.05) is 5.39 Å². The van der Waals surface area contributed by atoms with E-state index in [9.17, 15) is 4.79 Å². The number of hydrogen-bond acceptors (Lipinski definition) is 3. The highest BCUT2D eigenvalue weighted by Gasteiger charge is 2.17. The average molecular weight is 304 g/mol. The fourth-order valence-corrected chi connectivity index (χ4v) is 2.50. The lowest BCUT2D eigenvalue weighted by Crippen LogP contribution is -2.27. The summed E-state index contributed by atoms with van der Waals surface area (Å²) in [5, 5.41) is 19.6. The molecule has 114 valence electrons. The summed E-state index contributed by atoms with van der Waals surface area (Å²) in [4.78, 5) is 12.5. The zero-order valence-electron chi connectivity index (χ0n) is 12.9. The van der Waals surface area contributed by atoms with Crippen molar-refractivity contribution in [3.05, 3.63) is 64.8 Å². The van der Waals surface area contributed by atoms with E-state index in [4.69, 9.17) is 5.26 Å². The first-order valence-corrected chi connectivity index (χ1v) is 7.34. The second-order valence-corrected chi connectivity index (χ2v) is 5.55. The predicted molar refractivity (Wildman–Crippen MR) is 87.9 cm³/mol. The van der Waals surface area contributed by atoms with Crippen LogP contribution in [0.1, 0.15) is 40.1 Å². The lowest BCUT2D eigenvalue weighted by atomic mass is 10.1. The van der Waals surface area contributed by atoms with Gasteiger partial charge in [-0.15, -0.1) is 0 Å². The fraction of sp³-hybridized carbons (Fsp3) is 0.167. The number of H-pyrrole nitrogens is 1. The van der Waals surface area contributed by atoms with Crippen molar-refractivity contribution in [3.8, 4) is 6.07 Å². The van der Waals surface area contributed by atoms with Crippen LogP contribution in [0.25, 0.3) is 10.9 Å². The minimum Gasteiger partial charge on any atom is -0.344 e. The number of amides is 1. The smallest absolute Gasteiger partial charge is 0.272 e. The first kappa shape index (κ1) is 14.8. The third-order valence-corrected chi connectivity index (χ3v) is 3.82.